The van der Waals surface area contributed by atoms with Crippen LogP contribution in [0.3, 0.4) is 0 Å². The molecule has 0 bridgehead atoms. The van der Waals surface area contributed by atoms with Crippen LogP contribution in [0.1, 0.15) is 33.1 Å². The number of amides is 1. The molecule has 0 unspecified atom stereocenters. The molecule has 0 atom stereocenters. The van der Waals surface area contributed by atoms with Crippen molar-refractivity contribution in [3.63, 3.8) is 0 Å². The van der Waals surface area contributed by atoms with Crippen molar-refractivity contribution in [2.45, 2.75) is 27.7 Å². The predicted octanol–water partition coefficient (Wildman–Crippen LogP) is 2.14. The number of carbonyl (C=O) groups is 1. The number of carbonyl (C=O) groups excluding carboxylic acids is 1. The maximum Gasteiger partial charge on any atom is 0.260 e. The van der Waals surface area contributed by atoms with E-state index in [4.69, 9.17) is 4.52 Å². The van der Waals surface area contributed by atoms with Gasteiger partial charge < -0.3 is 9.84 Å². The van der Waals surface area contributed by atoms with Crippen molar-refractivity contribution in [2.75, 3.05) is 5.32 Å². The zero-order chi connectivity index (χ0) is 16.6. The molecule has 3 rings (SSSR count). The summed E-state index contributed by atoms with van der Waals surface area (Å²) in [5.41, 5.74) is 3.89. The maximum absolute atomic E-state index is 12.1. The van der Waals surface area contributed by atoms with E-state index < -0.39 is 0 Å². The van der Waals surface area contributed by atoms with Gasteiger partial charge in [0.05, 0.1) is 30.0 Å². The van der Waals surface area contributed by atoms with Crippen molar-refractivity contribution >= 4 is 11.6 Å². The van der Waals surface area contributed by atoms with Gasteiger partial charge in [-0.05, 0) is 33.3 Å². The number of hydrogen-bond donors (Lipinski definition) is 1. The first kappa shape index (κ1) is 14.9. The van der Waals surface area contributed by atoms with Gasteiger partial charge in [-0.15, -0.1) is 0 Å². The van der Waals surface area contributed by atoms with Crippen LogP contribution in [0.4, 0.5) is 5.69 Å². The molecule has 3 heterocycles. The summed E-state index contributed by atoms with van der Waals surface area (Å²) in [6.45, 7) is 7.58. The minimum atomic E-state index is -0.318. The monoisotopic (exact) mass is 312 g/mol. The predicted molar refractivity (Wildman–Crippen MR) is 82.6 cm³/mol. The van der Waals surface area contributed by atoms with Gasteiger partial charge >= 0.3 is 0 Å². The highest BCUT2D eigenvalue weighted by Gasteiger charge is 2.14. The Bertz CT molecular complexity index is 863. The van der Waals surface area contributed by atoms with E-state index in [1.54, 1.807) is 11.6 Å². The van der Waals surface area contributed by atoms with Crippen LogP contribution in [0, 0.1) is 27.7 Å². The first-order valence-corrected chi connectivity index (χ1v) is 7.05. The maximum atomic E-state index is 12.1. The molecule has 3 aromatic rings. The average molecular weight is 312 g/mol. The van der Waals surface area contributed by atoms with Gasteiger partial charge in [-0.1, -0.05) is 5.16 Å². The van der Waals surface area contributed by atoms with Crippen molar-refractivity contribution in [1.29, 1.82) is 0 Å². The average Bonchev–Trinajstić information content (AvgIpc) is 3.07. The fourth-order valence-corrected chi connectivity index (χ4v) is 2.13. The number of anilines is 1. The third-order valence-electron chi connectivity index (χ3n) is 3.73. The first-order chi connectivity index (χ1) is 11.0. The molecular formula is C15H16N6O2. The summed E-state index contributed by atoms with van der Waals surface area (Å²) in [4.78, 5) is 20.6. The molecule has 3 aromatic heterocycles. The minimum absolute atomic E-state index is 0.318. The van der Waals surface area contributed by atoms with Gasteiger partial charge in [0.15, 0.2) is 0 Å². The summed E-state index contributed by atoms with van der Waals surface area (Å²) in [6, 6.07) is 0. The van der Waals surface area contributed by atoms with E-state index in [2.05, 4.69) is 25.5 Å². The van der Waals surface area contributed by atoms with Crippen LogP contribution in [0.25, 0.3) is 5.95 Å². The first-order valence-electron chi connectivity index (χ1n) is 7.05. The normalized spacial score (nSPS) is 10.8. The Morgan fingerprint density at radius 3 is 2.35 bits per heavy atom. The Labute approximate surface area is 132 Å². The van der Waals surface area contributed by atoms with Crippen LogP contribution >= 0.6 is 0 Å². The van der Waals surface area contributed by atoms with E-state index in [-0.39, 0.29) is 5.91 Å². The van der Waals surface area contributed by atoms with E-state index in [1.807, 2.05) is 20.8 Å². The third-order valence-corrected chi connectivity index (χ3v) is 3.73. The van der Waals surface area contributed by atoms with Crippen LogP contribution in [0.15, 0.2) is 23.1 Å². The standard InChI is InChI=1S/C15H16N6O2/c1-8-9(2)20-21(10(8)3)15-16-5-12(6-17-15)19-14(22)13-7-18-23-11(13)4/h5-7H,1-4H3,(H,19,22). The second-order valence-electron chi connectivity index (χ2n) is 5.23. The van der Waals surface area contributed by atoms with Gasteiger partial charge in [0.2, 0.25) is 0 Å². The molecule has 0 radical (unpaired) electrons. The topological polar surface area (TPSA) is 98.7 Å². The molecule has 8 nitrogen and oxygen atoms in total. The Kier molecular flexibility index (Phi) is 3.65. The molecule has 0 spiro atoms. The molecule has 0 saturated heterocycles. The molecule has 118 valence electrons. The van der Waals surface area contributed by atoms with E-state index in [0.717, 1.165) is 17.0 Å². The second kappa shape index (κ2) is 5.64. The van der Waals surface area contributed by atoms with Crippen molar-refractivity contribution in [3.8, 4) is 5.95 Å². The van der Waals surface area contributed by atoms with Crippen LogP contribution in [-0.2, 0) is 0 Å². The molecule has 0 saturated carbocycles. The van der Waals surface area contributed by atoms with E-state index in [9.17, 15) is 4.79 Å². The minimum Gasteiger partial charge on any atom is -0.361 e. The summed E-state index contributed by atoms with van der Waals surface area (Å²) < 4.78 is 6.55. The summed E-state index contributed by atoms with van der Waals surface area (Å²) >= 11 is 0. The number of rotatable bonds is 3. The Morgan fingerprint density at radius 2 is 1.83 bits per heavy atom. The van der Waals surface area contributed by atoms with Gasteiger partial charge in [0.25, 0.3) is 11.9 Å². The number of nitrogens with one attached hydrogen (secondary N) is 1. The fraction of sp³-hybridized carbons (Fsp3) is 0.267. The SMILES string of the molecule is Cc1nn(-c2ncc(NC(=O)c3cnoc3C)cn2)c(C)c1C. The van der Waals surface area contributed by atoms with Crippen molar-refractivity contribution < 1.29 is 9.32 Å². The summed E-state index contributed by atoms with van der Waals surface area (Å²) in [5.74, 6) is 0.595. The van der Waals surface area contributed by atoms with Crippen LogP contribution in [0.5, 0.6) is 0 Å². The van der Waals surface area contributed by atoms with Crippen molar-refractivity contribution in [2.24, 2.45) is 0 Å². The Hall–Kier alpha value is -3.03. The third kappa shape index (κ3) is 2.70. The van der Waals surface area contributed by atoms with Crippen molar-refractivity contribution in [3.05, 3.63) is 46.9 Å². The molecule has 1 N–H and O–H groups in total. The van der Waals surface area contributed by atoms with Gasteiger partial charge in [-0.2, -0.15) is 5.10 Å². The second-order valence-corrected chi connectivity index (χ2v) is 5.23. The lowest BCUT2D eigenvalue weighted by molar-refractivity contribution is 0.102. The van der Waals surface area contributed by atoms with Crippen LogP contribution in [0.2, 0.25) is 0 Å². The van der Waals surface area contributed by atoms with Crippen molar-refractivity contribution in [1.82, 2.24) is 24.9 Å². The lowest BCUT2D eigenvalue weighted by atomic mass is 10.2. The fourth-order valence-electron chi connectivity index (χ4n) is 2.13. The summed E-state index contributed by atoms with van der Waals surface area (Å²) in [7, 11) is 0. The lowest BCUT2D eigenvalue weighted by Crippen LogP contribution is -2.13. The number of hydrogen-bond acceptors (Lipinski definition) is 6. The van der Waals surface area contributed by atoms with Gasteiger partial charge in [0.1, 0.15) is 11.3 Å². The molecule has 23 heavy (non-hydrogen) atoms. The zero-order valence-electron chi connectivity index (χ0n) is 13.3. The molecule has 0 aliphatic heterocycles. The molecule has 0 aliphatic rings. The Morgan fingerprint density at radius 1 is 1.13 bits per heavy atom. The molecule has 0 fully saturated rings. The molecule has 8 heteroatoms. The van der Waals surface area contributed by atoms with Gasteiger partial charge in [-0.3, -0.25) is 4.79 Å². The highest BCUT2D eigenvalue weighted by molar-refractivity contribution is 6.04. The van der Waals surface area contributed by atoms with E-state index in [1.165, 1.54) is 18.6 Å². The smallest absolute Gasteiger partial charge is 0.260 e. The highest BCUT2D eigenvalue weighted by Crippen LogP contribution is 2.15. The molecule has 0 aromatic carbocycles. The largest absolute Gasteiger partial charge is 0.361 e. The number of aryl methyl sites for hydroxylation is 2. The number of nitrogens with zero attached hydrogens (tertiary/aromatic N) is 5. The number of aromatic nitrogens is 5. The Balaban J connectivity index is 1.81. The van der Waals surface area contributed by atoms with Gasteiger partial charge in [0, 0.05) is 5.69 Å². The van der Waals surface area contributed by atoms with E-state index >= 15 is 0 Å². The summed E-state index contributed by atoms with van der Waals surface area (Å²) in [5, 5.41) is 10.7. The molecule has 0 aliphatic carbocycles. The van der Waals surface area contributed by atoms with Crippen LogP contribution in [-0.4, -0.2) is 30.8 Å². The zero-order valence-corrected chi connectivity index (χ0v) is 13.3. The van der Waals surface area contributed by atoms with Crippen LogP contribution < -0.4 is 5.32 Å². The molecular weight excluding hydrogens is 296 g/mol. The summed E-state index contributed by atoms with van der Waals surface area (Å²) in [6.07, 6.45) is 4.45. The van der Waals surface area contributed by atoms with Gasteiger partial charge in [-0.25, -0.2) is 14.6 Å². The van der Waals surface area contributed by atoms with E-state index in [0.29, 0.717) is 23.0 Å². The molecule has 1 amide bonds. The highest BCUT2D eigenvalue weighted by atomic mass is 16.5. The quantitative estimate of drug-likeness (QED) is 0.795. The lowest BCUT2D eigenvalue weighted by Gasteiger charge is -2.05.